The van der Waals surface area contributed by atoms with Gasteiger partial charge in [0.05, 0.1) is 0 Å². The lowest BCUT2D eigenvalue weighted by molar-refractivity contribution is 0.0563. The predicted molar refractivity (Wildman–Crippen MR) is 65.2 cm³/mol. The van der Waals surface area contributed by atoms with Crippen LogP contribution in [0.2, 0.25) is 0 Å². The normalized spacial score (nSPS) is 10.3. The molecule has 0 aliphatic rings. The first kappa shape index (κ1) is 13.6. The van der Waals surface area contributed by atoms with Gasteiger partial charge in [0.2, 0.25) is 0 Å². The van der Waals surface area contributed by atoms with Gasteiger partial charge in [-0.25, -0.2) is 9.78 Å². The number of ether oxygens (including phenoxy) is 1. The number of amides is 1. The number of hydrogen-bond donors (Lipinski definition) is 2. The highest BCUT2D eigenvalue weighted by Gasteiger charge is 2.17. The van der Waals surface area contributed by atoms with E-state index in [1.165, 1.54) is 18.3 Å². The van der Waals surface area contributed by atoms with Gasteiger partial charge in [0, 0.05) is 11.8 Å². The summed E-state index contributed by atoms with van der Waals surface area (Å²) >= 11 is 0. The summed E-state index contributed by atoms with van der Waals surface area (Å²) in [6.07, 6.45) is 0.648. The molecule has 0 unspecified atom stereocenters. The molecule has 0 radical (unpaired) electrons. The van der Waals surface area contributed by atoms with E-state index in [2.05, 4.69) is 10.3 Å². The first-order chi connectivity index (χ1) is 8.31. The molecule has 0 saturated carbocycles. The molecule has 1 aromatic rings. The summed E-state index contributed by atoms with van der Waals surface area (Å²) in [6.45, 7) is 5.21. The molecular weight excluding hydrogens is 232 g/mol. The highest BCUT2D eigenvalue weighted by atomic mass is 16.6. The molecule has 1 amide bonds. The molecule has 1 heterocycles. The third-order valence-corrected chi connectivity index (χ3v) is 1.79. The Morgan fingerprint density at radius 1 is 1.50 bits per heavy atom. The van der Waals surface area contributed by atoms with Gasteiger partial charge in [0.1, 0.15) is 23.2 Å². The Morgan fingerprint density at radius 3 is 2.61 bits per heavy atom. The Hall–Kier alpha value is -2.42. The lowest BCUT2D eigenvalue weighted by Crippen LogP contribution is -2.36. The van der Waals surface area contributed by atoms with Gasteiger partial charge in [-0.1, -0.05) is 0 Å². The molecule has 0 aliphatic heterocycles. The molecule has 18 heavy (non-hydrogen) atoms. The summed E-state index contributed by atoms with van der Waals surface area (Å²) in [7, 11) is 0. The average Bonchev–Trinajstić information content (AvgIpc) is 2.26. The van der Waals surface area contributed by atoms with E-state index in [0.717, 1.165) is 0 Å². The van der Waals surface area contributed by atoms with Crippen molar-refractivity contribution in [1.29, 1.82) is 10.7 Å². The van der Waals surface area contributed by atoms with Crippen LogP contribution in [0.15, 0.2) is 18.3 Å². The molecule has 0 fully saturated rings. The van der Waals surface area contributed by atoms with Crippen molar-refractivity contribution >= 4 is 11.9 Å². The number of rotatable bonds is 1. The fourth-order valence-corrected chi connectivity index (χ4v) is 1.09. The van der Waals surface area contributed by atoms with Crippen molar-refractivity contribution in [3.8, 4) is 6.07 Å². The van der Waals surface area contributed by atoms with Gasteiger partial charge in [-0.15, -0.1) is 0 Å². The van der Waals surface area contributed by atoms with Crippen LogP contribution in [0.1, 0.15) is 32.0 Å². The maximum absolute atomic E-state index is 11.4. The number of alkyl carbamates (subject to hydrolysis) is 1. The second kappa shape index (κ2) is 5.27. The summed E-state index contributed by atoms with van der Waals surface area (Å²) in [6, 6.07) is 4.88. The molecule has 0 atom stereocenters. The third kappa shape index (κ3) is 4.22. The first-order valence-electron chi connectivity index (χ1n) is 5.27. The highest BCUT2D eigenvalue weighted by Crippen LogP contribution is 2.07. The summed E-state index contributed by atoms with van der Waals surface area (Å²) in [5.41, 5.74) is 0.0384. The van der Waals surface area contributed by atoms with E-state index < -0.39 is 11.7 Å². The summed E-state index contributed by atoms with van der Waals surface area (Å²) < 4.78 is 5.01. The summed E-state index contributed by atoms with van der Waals surface area (Å²) in [5, 5.41) is 18.5. The molecule has 0 saturated heterocycles. The average molecular weight is 246 g/mol. The maximum Gasteiger partial charge on any atom is 0.413 e. The molecule has 0 aromatic carbocycles. The third-order valence-electron chi connectivity index (χ3n) is 1.79. The highest BCUT2D eigenvalue weighted by molar-refractivity contribution is 6.04. The molecule has 6 heteroatoms. The van der Waals surface area contributed by atoms with E-state index in [-0.39, 0.29) is 11.5 Å². The van der Waals surface area contributed by atoms with Gasteiger partial charge in [-0.05, 0) is 32.9 Å². The van der Waals surface area contributed by atoms with Gasteiger partial charge >= 0.3 is 6.09 Å². The number of nitrogens with one attached hydrogen (secondary N) is 2. The number of pyridine rings is 1. The number of hydrogen-bond acceptors (Lipinski definition) is 5. The minimum atomic E-state index is -0.697. The quantitative estimate of drug-likeness (QED) is 0.583. The Bertz CT molecular complexity index is 494. The maximum atomic E-state index is 11.4. The molecular formula is C12H14N4O2. The first-order valence-corrected chi connectivity index (χ1v) is 5.27. The van der Waals surface area contributed by atoms with Crippen molar-refractivity contribution < 1.29 is 9.53 Å². The van der Waals surface area contributed by atoms with Gasteiger partial charge in [0.25, 0.3) is 0 Å². The van der Waals surface area contributed by atoms with Crippen molar-refractivity contribution in [2.75, 3.05) is 0 Å². The van der Waals surface area contributed by atoms with Crippen LogP contribution in [0, 0.1) is 16.7 Å². The van der Waals surface area contributed by atoms with Crippen molar-refractivity contribution in [2.45, 2.75) is 26.4 Å². The molecule has 0 bridgehead atoms. The van der Waals surface area contributed by atoms with Crippen LogP contribution in [-0.4, -0.2) is 22.5 Å². The number of carbonyl (C=O) groups excluding carboxylic acids is 1. The Labute approximate surface area is 105 Å². The second-order valence-corrected chi connectivity index (χ2v) is 4.55. The zero-order valence-electron chi connectivity index (χ0n) is 10.4. The van der Waals surface area contributed by atoms with E-state index in [0.29, 0.717) is 5.56 Å². The number of nitriles is 1. The van der Waals surface area contributed by atoms with Gasteiger partial charge in [0.15, 0.2) is 0 Å². The van der Waals surface area contributed by atoms with E-state index in [9.17, 15) is 4.79 Å². The standard InChI is InChI=1S/C12H14N4O2/c1-12(2,3)18-11(17)16-10(14)8-4-5-9(6-13)15-7-8/h4-5,7H,1-3H3,(H2,14,16,17). The van der Waals surface area contributed by atoms with Crippen LogP contribution >= 0.6 is 0 Å². The molecule has 2 N–H and O–H groups in total. The fraction of sp³-hybridized carbons (Fsp3) is 0.333. The van der Waals surface area contributed by atoms with Crippen LogP contribution < -0.4 is 5.32 Å². The SMILES string of the molecule is CC(C)(C)OC(=O)NC(=N)c1ccc(C#N)nc1. The van der Waals surface area contributed by atoms with Crippen LogP contribution in [0.4, 0.5) is 4.79 Å². The molecule has 6 nitrogen and oxygen atoms in total. The topological polar surface area (TPSA) is 98.9 Å². The number of amidine groups is 1. The monoisotopic (exact) mass is 246 g/mol. The van der Waals surface area contributed by atoms with Crippen molar-refractivity contribution in [2.24, 2.45) is 0 Å². The van der Waals surface area contributed by atoms with Gasteiger partial charge in [-0.3, -0.25) is 10.7 Å². The van der Waals surface area contributed by atoms with Crippen LogP contribution in [0.5, 0.6) is 0 Å². The second-order valence-electron chi connectivity index (χ2n) is 4.55. The molecule has 0 spiro atoms. The Balaban J connectivity index is 2.65. The van der Waals surface area contributed by atoms with Crippen molar-refractivity contribution in [3.05, 3.63) is 29.6 Å². The lowest BCUT2D eigenvalue weighted by atomic mass is 10.2. The number of aromatic nitrogens is 1. The lowest BCUT2D eigenvalue weighted by Gasteiger charge is -2.19. The minimum Gasteiger partial charge on any atom is -0.444 e. The molecule has 1 rings (SSSR count). The van der Waals surface area contributed by atoms with Gasteiger partial charge in [-0.2, -0.15) is 5.26 Å². The van der Waals surface area contributed by atoms with Crippen LogP contribution in [0.3, 0.4) is 0 Å². The van der Waals surface area contributed by atoms with Crippen LogP contribution in [-0.2, 0) is 4.74 Å². The largest absolute Gasteiger partial charge is 0.444 e. The molecule has 1 aromatic heterocycles. The van der Waals surface area contributed by atoms with E-state index in [1.807, 2.05) is 6.07 Å². The van der Waals surface area contributed by atoms with E-state index in [4.69, 9.17) is 15.4 Å². The Kier molecular flexibility index (Phi) is 4.00. The number of nitrogens with zero attached hydrogens (tertiary/aromatic N) is 2. The van der Waals surface area contributed by atoms with E-state index in [1.54, 1.807) is 20.8 Å². The van der Waals surface area contributed by atoms with E-state index >= 15 is 0 Å². The fourth-order valence-electron chi connectivity index (χ4n) is 1.09. The number of carbonyl (C=O) groups is 1. The molecule has 0 aliphatic carbocycles. The smallest absolute Gasteiger partial charge is 0.413 e. The van der Waals surface area contributed by atoms with Crippen LogP contribution in [0.25, 0.3) is 0 Å². The van der Waals surface area contributed by atoms with Crippen molar-refractivity contribution in [3.63, 3.8) is 0 Å². The van der Waals surface area contributed by atoms with Crippen molar-refractivity contribution in [1.82, 2.24) is 10.3 Å². The predicted octanol–water partition coefficient (Wildman–Crippen LogP) is 1.80. The zero-order valence-corrected chi connectivity index (χ0v) is 10.4. The zero-order chi connectivity index (χ0) is 13.8. The summed E-state index contributed by atoms with van der Waals surface area (Å²) in [4.78, 5) is 15.2. The molecule has 94 valence electrons. The summed E-state index contributed by atoms with van der Waals surface area (Å²) in [5.74, 6) is -0.124. The Morgan fingerprint density at radius 2 is 2.17 bits per heavy atom. The van der Waals surface area contributed by atoms with Gasteiger partial charge < -0.3 is 4.74 Å². The minimum absolute atomic E-state index is 0.124.